The van der Waals surface area contributed by atoms with E-state index in [9.17, 15) is 4.79 Å². The summed E-state index contributed by atoms with van der Waals surface area (Å²) >= 11 is 0. The molecule has 2 atom stereocenters. The Labute approximate surface area is 127 Å². The number of nitrogens with two attached hydrogens (primary N) is 1. The summed E-state index contributed by atoms with van der Waals surface area (Å²) in [5.41, 5.74) is 8.16. The number of rotatable bonds is 4. The van der Waals surface area contributed by atoms with Crippen molar-refractivity contribution in [1.29, 1.82) is 0 Å². The molecule has 112 valence electrons. The van der Waals surface area contributed by atoms with Crippen LogP contribution in [0.25, 0.3) is 0 Å². The number of carbonyl (C=O) groups is 1. The van der Waals surface area contributed by atoms with Gasteiger partial charge in [-0.3, -0.25) is 4.79 Å². The van der Waals surface area contributed by atoms with Gasteiger partial charge in [-0.25, -0.2) is 0 Å². The van der Waals surface area contributed by atoms with Gasteiger partial charge in [0.2, 0.25) is 5.91 Å². The van der Waals surface area contributed by atoms with Crippen LogP contribution >= 0.6 is 12.4 Å². The van der Waals surface area contributed by atoms with Crippen molar-refractivity contribution in [1.82, 2.24) is 0 Å². The lowest BCUT2D eigenvalue weighted by molar-refractivity contribution is -0.117. The lowest BCUT2D eigenvalue weighted by atomic mass is 9.99. The van der Waals surface area contributed by atoms with Crippen LogP contribution in [0, 0.1) is 5.92 Å². The van der Waals surface area contributed by atoms with E-state index in [1.54, 1.807) is 0 Å². The van der Waals surface area contributed by atoms with E-state index in [0.717, 1.165) is 24.9 Å². The molecule has 1 aliphatic carbocycles. The Kier molecular flexibility index (Phi) is 6.50. The topological polar surface area (TPSA) is 55.1 Å². The minimum atomic E-state index is 0. The Balaban J connectivity index is 0.00000200. The number of hydrogen-bond acceptors (Lipinski definition) is 2. The Morgan fingerprint density at radius 2 is 1.95 bits per heavy atom. The number of amides is 1. The van der Waals surface area contributed by atoms with E-state index >= 15 is 0 Å². The van der Waals surface area contributed by atoms with Gasteiger partial charge in [-0.05, 0) is 42.4 Å². The molecule has 1 aliphatic rings. The van der Waals surface area contributed by atoms with E-state index in [1.165, 1.54) is 5.56 Å². The Hall–Kier alpha value is -1.06. The van der Waals surface area contributed by atoms with Gasteiger partial charge in [-0.1, -0.05) is 32.4 Å². The summed E-state index contributed by atoms with van der Waals surface area (Å²) in [5.74, 6) is 0.954. The summed E-state index contributed by atoms with van der Waals surface area (Å²) in [5, 5.41) is 2.96. The van der Waals surface area contributed by atoms with Crippen molar-refractivity contribution in [2.75, 3.05) is 5.32 Å². The summed E-state index contributed by atoms with van der Waals surface area (Å²) in [4.78, 5) is 12.0. The molecule has 3 nitrogen and oxygen atoms in total. The highest BCUT2D eigenvalue weighted by atomic mass is 35.5. The number of halogens is 1. The smallest absolute Gasteiger partial charge is 0.224 e. The second-order valence-electron chi connectivity index (χ2n) is 5.88. The minimum absolute atomic E-state index is 0. The third-order valence-corrected chi connectivity index (χ3v) is 4.03. The van der Waals surface area contributed by atoms with Gasteiger partial charge in [-0.2, -0.15) is 0 Å². The predicted octanol–water partition coefficient (Wildman–Crippen LogP) is 3.69. The molecule has 0 heterocycles. The molecule has 0 bridgehead atoms. The van der Waals surface area contributed by atoms with Crippen LogP contribution in [0.15, 0.2) is 24.3 Å². The number of carbonyl (C=O) groups excluding carboxylic acids is 1. The van der Waals surface area contributed by atoms with Gasteiger partial charge >= 0.3 is 0 Å². The Morgan fingerprint density at radius 3 is 2.45 bits per heavy atom. The fourth-order valence-corrected chi connectivity index (χ4v) is 2.72. The molecule has 0 radical (unpaired) electrons. The van der Waals surface area contributed by atoms with Crippen molar-refractivity contribution < 1.29 is 4.79 Å². The highest BCUT2D eigenvalue weighted by Crippen LogP contribution is 2.27. The maximum atomic E-state index is 12.0. The van der Waals surface area contributed by atoms with E-state index in [1.807, 2.05) is 12.1 Å². The zero-order valence-corrected chi connectivity index (χ0v) is 13.1. The molecule has 1 aromatic rings. The van der Waals surface area contributed by atoms with Gasteiger partial charge in [-0.15, -0.1) is 12.4 Å². The minimum Gasteiger partial charge on any atom is -0.327 e. The second-order valence-corrected chi connectivity index (χ2v) is 5.88. The first-order valence-corrected chi connectivity index (χ1v) is 7.21. The molecule has 1 amide bonds. The molecule has 1 saturated carbocycles. The van der Waals surface area contributed by atoms with Gasteiger partial charge in [0, 0.05) is 18.2 Å². The van der Waals surface area contributed by atoms with Crippen molar-refractivity contribution in [3.63, 3.8) is 0 Å². The lowest BCUT2D eigenvalue weighted by Crippen LogP contribution is -2.28. The van der Waals surface area contributed by atoms with E-state index in [0.29, 0.717) is 18.3 Å². The zero-order chi connectivity index (χ0) is 13.8. The van der Waals surface area contributed by atoms with Gasteiger partial charge in [0.05, 0.1) is 0 Å². The van der Waals surface area contributed by atoms with Crippen molar-refractivity contribution in [2.24, 2.45) is 11.7 Å². The van der Waals surface area contributed by atoms with Gasteiger partial charge in [0.15, 0.2) is 0 Å². The molecule has 0 saturated heterocycles. The highest BCUT2D eigenvalue weighted by Gasteiger charge is 2.25. The Bertz CT molecular complexity index is 431. The summed E-state index contributed by atoms with van der Waals surface area (Å²) < 4.78 is 0. The van der Waals surface area contributed by atoms with E-state index in [4.69, 9.17) is 5.73 Å². The van der Waals surface area contributed by atoms with Crippen LogP contribution < -0.4 is 11.1 Å². The van der Waals surface area contributed by atoms with Crippen molar-refractivity contribution in [2.45, 2.75) is 51.5 Å². The molecule has 0 aromatic heterocycles. The number of anilines is 1. The van der Waals surface area contributed by atoms with Gasteiger partial charge in [0.1, 0.15) is 0 Å². The van der Waals surface area contributed by atoms with Crippen LogP contribution in [-0.2, 0) is 4.79 Å². The molecule has 1 aromatic carbocycles. The molecule has 20 heavy (non-hydrogen) atoms. The van der Waals surface area contributed by atoms with Crippen LogP contribution in [0.4, 0.5) is 5.69 Å². The number of nitrogens with one attached hydrogen (secondary N) is 1. The number of benzene rings is 1. The molecule has 0 unspecified atom stereocenters. The first-order chi connectivity index (χ1) is 9.06. The molecular weight excluding hydrogens is 272 g/mol. The SMILES string of the molecule is CC(C)c1ccc(NC(=O)C[C@@H]2CCC[C@H]2N)cc1.Cl. The van der Waals surface area contributed by atoms with Crippen LogP contribution in [-0.4, -0.2) is 11.9 Å². The average Bonchev–Trinajstić information content (AvgIpc) is 2.75. The molecule has 3 N–H and O–H groups in total. The third-order valence-electron chi connectivity index (χ3n) is 4.03. The molecule has 2 rings (SSSR count). The third kappa shape index (κ3) is 4.50. The number of hydrogen-bond donors (Lipinski definition) is 2. The first-order valence-electron chi connectivity index (χ1n) is 7.21. The van der Waals surface area contributed by atoms with Gasteiger partial charge < -0.3 is 11.1 Å². The molecule has 0 aliphatic heterocycles. The maximum absolute atomic E-state index is 12.0. The highest BCUT2D eigenvalue weighted by molar-refractivity contribution is 5.90. The predicted molar refractivity (Wildman–Crippen MR) is 86.3 cm³/mol. The first kappa shape index (κ1) is 17.0. The largest absolute Gasteiger partial charge is 0.327 e. The average molecular weight is 297 g/mol. The summed E-state index contributed by atoms with van der Waals surface area (Å²) in [7, 11) is 0. The van der Waals surface area contributed by atoms with Crippen molar-refractivity contribution in [3.8, 4) is 0 Å². The molecule has 4 heteroatoms. The summed E-state index contributed by atoms with van der Waals surface area (Å²) in [6, 6.07) is 8.29. The molecular formula is C16H25ClN2O. The molecule has 1 fully saturated rings. The van der Waals surface area contributed by atoms with Crippen LogP contribution in [0.1, 0.15) is 51.0 Å². The fraction of sp³-hybridized carbons (Fsp3) is 0.562. The van der Waals surface area contributed by atoms with E-state index in [2.05, 4.69) is 31.3 Å². The van der Waals surface area contributed by atoms with Crippen molar-refractivity contribution in [3.05, 3.63) is 29.8 Å². The van der Waals surface area contributed by atoms with E-state index < -0.39 is 0 Å². The van der Waals surface area contributed by atoms with Crippen LogP contribution in [0.5, 0.6) is 0 Å². The van der Waals surface area contributed by atoms with E-state index in [-0.39, 0.29) is 24.4 Å². The Morgan fingerprint density at radius 1 is 1.30 bits per heavy atom. The standard InChI is InChI=1S/C16H24N2O.ClH/c1-11(2)12-6-8-14(9-7-12)18-16(19)10-13-4-3-5-15(13)17;/h6-9,11,13,15H,3-5,10,17H2,1-2H3,(H,18,19);1H/t13-,15+;/m0./s1. The monoisotopic (exact) mass is 296 g/mol. The van der Waals surface area contributed by atoms with Crippen LogP contribution in [0.2, 0.25) is 0 Å². The van der Waals surface area contributed by atoms with Crippen molar-refractivity contribution >= 4 is 24.0 Å². The van der Waals surface area contributed by atoms with Crippen LogP contribution in [0.3, 0.4) is 0 Å². The quantitative estimate of drug-likeness (QED) is 0.890. The maximum Gasteiger partial charge on any atom is 0.224 e. The fourth-order valence-electron chi connectivity index (χ4n) is 2.72. The summed E-state index contributed by atoms with van der Waals surface area (Å²) in [6.07, 6.45) is 3.84. The molecule has 0 spiro atoms. The van der Waals surface area contributed by atoms with Gasteiger partial charge in [0.25, 0.3) is 0 Å². The zero-order valence-electron chi connectivity index (χ0n) is 12.3. The lowest BCUT2D eigenvalue weighted by Gasteiger charge is -2.15. The second kappa shape index (κ2) is 7.65. The normalized spacial score (nSPS) is 21.6. The summed E-state index contributed by atoms with van der Waals surface area (Å²) in [6.45, 7) is 4.32.